The summed E-state index contributed by atoms with van der Waals surface area (Å²) in [5.41, 5.74) is 10.5. The van der Waals surface area contributed by atoms with Crippen LogP contribution in [0.4, 0.5) is 5.82 Å². The molecule has 0 bridgehead atoms. The number of fused-ring (bicyclic) bond motifs is 3. The van der Waals surface area contributed by atoms with Crippen molar-refractivity contribution in [3.8, 4) is 0 Å². The Morgan fingerprint density at radius 3 is 2.39 bits per heavy atom. The van der Waals surface area contributed by atoms with Gasteiger partial charge < -0.3 is 9.88 Å². The van der Waals surface area contributed by atoms with Crippen molar-refractivity contribution in [1.29, 1.82) is 0 Å². The van der Waals surface area contributed by atoms with E-state index in [1.54, 1.807) is 18.0 Å². The van der Waals surface area contributed by atoms with Crippen molar-refractivity contribution in [1.82, 2.24) is 14.9 Å². The lowest BCUT2D eigenvalue weighted by molar-refractivity contribution is -0.124. The molecule has 3 heterocycles. The number of carbonyl (C=O) groups is 1. The summed E-state index contributed by atoms with van der Waals surface area (Å²) in [4.78, 5) is 23.0. The molecule has 41 heavy (non-hydrogen) atoms. The minimum absolute atomic E-state index is 0.110. The molecule has 1 N–H and O–H groups in total. The minimum Gasteiger partial charge on any atom is -0.351 e. The van der Waals surface area contributed by atoms with Crippen LogP contribution in [0.2, 0.25) is 0 Å². The van der Waals surface area contributed by atoms with Gasteiger partial charge in [0.2, 0.25) is 5.91 Å². The van der Waals surface area contributed by atoms with Crippen LogP contribution in [0, 0.1) is 5.92 Å². The Balaban J connectivity index is 1.27. The number of pyridine rings is 1. The third kappa shape index (κ3) is 6.24. The lowest BCUT2D eigenvalue weighted by atomic mass is 9.80. The highest BCUT2D eigenvalue weighted by Crippen LogP contribution is 2.39. The predicted octanol–water partition coefficient (Wildman–Crippen LogP) is 7.78. The van der Waals surface area contributed by atoms with Crippen molar-refractivity contribution in [3.05, 3.63) is 94.0 Å². The molecule has 6 rings (SSSR count). The van der Waals surface area contributed by atoms with Gasteiger partial charge in [0.25, 0.3) is 0 Å². The second kappa shape index (κ2) is 12.6. The maximum absolute atomic E-state index is 13.7. The number of allylic oxidation sites excluding steroid dienone is 2. The Labute approximate surface area is 245 Å². The highest BCUT2D eigenvalue weighted by molar-refractivity contribution is 5.96. The maximum atomic E-state index is 13.7. The van der Waals surface area contributed by atoms with Crippen LogP contribution < -0.4 is 5.32 Å². The zero-order valence-electron chi connectivity index (χ0n) is 24.8. The molecule has 3 aromatic rings. The van der Waals surface area contributed by atoms with Gasteiger partial charge in [-0.15, -0.1) is 0 Å². The fourth-order valence-electron chi connectivity index (χ4n) is 7.40. The van der Waals surface area contributed by atoms with Gasteiger partial charge in [0.15, 0.2) is 0 Å². The van der Waals surface area contributed by atoms with E-state index < -0.39 is 0 Å². The predicted molar refractivity (Wildman–Crippen MR) is 167 cm³/mol. The van der Waals surface area contributed by atoms with Crippen LogP contribution in [0.15, 0.2) is 65.4 Å². The van der Waals surface area contributed by atoms with Gasteiger partial charge in [-0.1, -0.05) is 55.5 Å². The first-order valence-corrected chi connectivity index (χ1v) is 15.8. The van der Waals surface area contributed by atoms with E-state index in [0.717, 1.165) is 49.1 Å². The highest BCUT2D eigenvalue weighted by atomic mass is 16.1. The molecule has 5 nitrogen and oxygen atoms in total. The molecule has 0 spiro atoms. The van der Waals surface area contributed by atoms with E-state index >= 15 is 0 Å². The molecular weight excluding hydrogens is 504 g/mol. The summed E-state index contributed by atoms with van der Waals surface area (Å²) < 4.78 is 2.50. The molecule has 1 atom stereocenters. The van der Waals surface area contributed by atoms with Crippen molar-refractivity contribution in [2.24, 2.45) is 10.9 Å². The first-order valence-electron chi connectivity index (χ1n) is 15.8. The fourth-order valence-corrected chi connectivity index (χ4v) is 7.40. The molecule has 5 heteroatoms. The van der Waals surface area contributed by atoms with Crippen LogP contribution in [0.5, 0.6) is 0 Å². The Kier molecular flexibility index (Phi) is 8.50. The van der Waals surface area contributed by atoms with Crippen molar-refractivity contribution >= 4 is 17.4 Å². The molecule has 0 radical (unpaired) electrons. The molecule has 1 aliphatic heterocycles. The van der Waals surface area contributed by atoms with Gasteiger partial charge in [-0.3, -0.25) is 9.78 Å². The number of aliphatic imine (C=N–C) groups is 1. The first-order chi connectivity index (χ1) is 20.1. The van der Waals surface area contributed by atoms with Gasteiger partial charge >= 0.3 is 0 Å². The summed E-state index contributed by atoms with van der Waals surface area (Å²) >= 11 is 0. The second-order valence-electron chi connectivity index (χ2n) is 12.5. The summed E-state index contributed by atoms with van der Waals surface area (Å²) in [6.07, 6.45) is 18.9. The summed E-state index contributed by atoms with van der Waals surface area (Å²) in [7, 11) is 0. The highest BCUT2D eigenvalue weighted by Gasteiger charge is 2.31. The summed E-state index contributed by atoms with van der Waals surface area (Å²) in [6, 6.07) is 12.9. The SMILES string of the molecule is CC1=CC(C)=Nc2c(c3c(n2Cc2ccc(C(C(=O)NCc4ccncc4)C4CCCCCC4)cc2)CCCC3)C1. The van der Waals surface area contributed by atoms with Crippen molar-refractivity contribution < 1.29 is 4.79 Å². The molecule has 2 aromatic heterocycles. The van der Waals surface area contributed by atoms with E-state index in [1.165, 1.54) is 73.2 Å². The summed E-state index contributed by atoms with van der Waals surface area (Å²) in [5.74, 6) is 1.60. The Morgan fingerprint density at radius 1 is 0.902 bits per heavy atom. The van der Waals surface area contributed by atoms with Gasteiger partial charge in [-0.2, -0.15) is 0 Å². The van der Waals surface area contributed by atoms with E-state index in [9.17, 15) is 4.79 Å². The number of nitrogens with one attached hydrogen (secondary N) is 1. The number of hydrogen-bond acceptors (Lipinski definition) is 3. The van der Waals surface area contributed by atoms with E-state index in [0.29, 0.717) is 12.5 Å². The number of benzene rings is 1. The number of aromatic nitrogens is 2. The topological polar surface area (TPSA) is 59.3 Å². The van der Waals surface area contributed by atoms with Crippen LogP contribution in [0.25, 0.3) is 0 Å². The molecule has 1 unspecified atom stereocenters. The first kappa shape index (κ1) is 27.7. The van der Waals surface area contributed by atoms with Crippen molar-refractivity contribution in [2.45, 2.75) is 103 Å². The van der Waals surface area contributed by atoms with Crippen LogP contribution in [-0.2, 0) is 37.1 Å². The zero-order chi connectivity index (χ0) is 28.2. The molecule has 1 saturated carbocycles. The number of amides is 1. The van der Waals surface area contributed by atoms with Gasteiger partial charge in [-0.25, -0.2) is 4.99 Å². The molecule has 1 aromatic carbocycles. The Morgan fingerprint density at radius 2 is 1.63 bits per heavy atom. The Hall–Kier alpha value is -3.47. The third-order valence-corrected chi connectivity index (χ3v) is 9.40. The van der Waals surface area contributed by atoms with Crippen LogP contribution in [0.3, 0.4) is 0 Å². The largest absolute Gasteiger partial charge is 0.351 e. The Bertz CT molecular complexity index is 1420. The molecule has 214 valence electrons. The summed E-state index contributed by atoms with van der Waals surface area (Å²) in [6.45, 7) is 5.73. The maximum Gasteiger partial charge on any atom is 0.228 e. The average Bonchev–Trinajstić information content (AvgIpc) is 3.18. The van der Waals surface area contributed by atoms with Crippen LogP contribution in [0.1, 0.15) is 105 Å². The number of nitrogens with zero attached hydrogens (tertiary/aromatic N) is 3. The number of carbonyl (C=O) groups excluding carboxylic acids is 1. The number of hydrogen-bond donors (Lipinski definition) is 1. The average molecular weight is 549 g/mol. The van der Waals surface area contributed by atoms with Gasteiger partial charge in [0.1, 0.15) is 5.82 Å². The standard InChI is InChI=1S/C36H44N4O/c1-25-21-26(2)39-35-32(22-25)31-11-7-8-12-33(31)40(35)24-28-13-15-30(16-14-28)34(29-9-5-3-4-6-10-29)36(41)38-23-27-17-19-37-20-18-27/h13-21,29,34H,3-12,22-24H2,1-2H3,(H,38,41). The van der Waals surface area contributed by atoms with Crippen molar-refractivity contribution in [2.75, 3.05) is 0 Å². The molecule has 0 saturated heterocycles. The molecular formula is C36H44N4O. The lowest BCUT2D eigenvalue weighted by Crippen LogP contribution is -2.33. The molecule has 2 aliphatic carbocycles. The van der Waals surface area contributed by atoms with Gasteiger partial charge in [-0.05, 0) is 105 Å². The van der Waals surface area contributed by atoms with E-state index in [-0.39, 0.29) is 11.8 Å². The smallest absolute Gasteiger partial charge is 0.228 e. The van der Waals surface area contributed by atoms with E-state index in [4.69, 9.17) is 4.99 Å². The van der Waals surface area contributed by atoms with Crippen LogP contribution >= 0.6 is 0 Å². The van der Waals surface area contributed by atoms with Crippen LogP contribution in [-0.4, -0.2) is 21.2 Å². The molecule has 3 aliphatic rings. The minimum atomic E-state index is -0.110. The van der Waals surface area contributed by atoms with Crippen molar-refractivity contribution in [3.63, 3.8) is 0 Å². The van der Waals surface area contributed by atoms with Gasteiger partial charge in [0.05, 0.1) is 5.92 Å². The number of rotatable bonds is 7. The summed E-state index contributed by atoms with van der Waals surface area (Å²) in [5, 5.41) is 3.26. The monoisotopic (exact) mass is 548 g/mol. The van der Waals surface area contributed by atoms with E-state index in [2.05, 4.69) is 59.1 Å². The van der Waals surface area contributed by atoms with Gasteiger partial charge in [0, 0.05) is 42.5 Å². The fraction of sp³-hybridized carbons (Fsp3) is 0.472. The second-order valence-corrected chi connectivity index (χ2v) is 12.5. The quantitative estimate of drug-likeness (QED) is 0.307. The van der Waals surface area contributed by atoms with E-state index in [1.807, 2.05) is 12.1 Å². The normalized spacial score (nSPS) is 18.3. The zero-order valence-corrected chi connectivity index (χ0v) is 24.8. The molecule has 1 amide bonds. The lowest BCUT2D eigenvalue weighted by Gasteiger charge is -2.26. The molecule has 1 fully saturated rings. The third-order valence-electron chi connectivity index (χ3n) is 9.40.